The van der Waals surface area contributed by atoms with Crippen LogP contribution in [0.2, 0.25) is 0 Å². The maximum absolute atomic E-state index is 13.3. The van der Waals surface area contributed by atoms with Gasteiger partial charge in [0.25, 0.3) is 0 Å². The lowest BCUT2D eigenvalue weighted by Crippen LogP contribution is -2.57. The molecule has 3 atom stereocenters. The molecular weight excluding hydrogens is 411 g/mol. The van der Waals surface area contributed by atoms with Crippen LogP contribution in [0.5, 0.6) is 0 Å². The molecule has 7 nitrogen and oxygen atoms in total. The second kappa shape index (κ2) is 10.2. The van der Waals surface area contributed by atoms with Gasteiger partial charge in [0.05, 0.1) is 23.6 Å². The molecule has 0 bridgehead atoms. The van der Waals surface area contributed by atoms with Gasteiger partial charge in [0, 0.05) is 39.9 Å². The van der Waals surface area contributed by atoms with E-state index in [1.807, 2.05) is 30.3 Å². The van der Waals surface area contributed by atoms with Gasteiger partial charge in [0.15, 0.2) is 0 Å². The van der Waals surface area contributed by atoms with Crippen LogP contribution >= 0.6 is 0 Å². The molecule has 2 amide bonds. The number of ether oxygens (including phenoxy) is 1. The molecule has 170 valence electrons. The molecule has 0 spiro atoms. The van der Waals surface area contributed by atoms with Crippen molar-refractivity contribution < 1.29 is 18.7 Å². The van der Waals surface area contributed by atoms with E-state index in [1.165, 1.54) is 12.1 Å². The summed E-state index contributed by atoms with van der Waals surface area (Å²) in [5, 5.41) is 4.57. The molecule has 2 aliphatic heterocycles. The van der Waals surface area contributed by atoms with E-state index in [1.54, 1.807) is 24.3 Å². The smallest absolute Gasteiger partial charge is 0.247 e. The summed E-state index contributed by atoms with van der Waals surface area (Å²) in [5.41, 5.74) is 5.01. The molecule has 0 aliphatic carbocycles. The normalized spacial score (nSPS) is 23.2. The minimum atomic E-state index is -0.394. The largest absolute Gasteiger partial charge is 0.385 e. The van der Waals surface area contributed by atoms with E-state index in [9.17, 15) is 14.0 Å². The van der Waals surface area contributed by atoms with E-state index >= 15 is 0 Å². The van der Waals surface area contributed by atoms with E-state index in [4.69, 9.17) is 4.74 Å². The third kappa shape index (κ3) is 4.98. The number of benzene rings is 2. The quantitative estimate of drug-likeness (QED) is 0.614. The van der Waals surface area contributed by atoms with E-state index in [2.05, 4.69) is 15.6 Å². The van der Waals surface area contributed by atoms with Crippen LogP contribution in [0.1, 0.15) is 12.0 Å². The molecule has 2 N–H and O–H groups in total. The highest BCUT2D eigenvalue weighted by Crippen LogP contribution is 2.32. The van der Waals surface area contributed by atoms with Gasteiger partial charge in [-0.2, -0.15) is 0 Å². The molecule has 2 aromatic rings. The summed E-state index contributed by atoms with van der Waals surface area (Å²) in [4.78, 5) is 28.5. The Morgan fingerprint density at radius 3 is 2.62 bits per heavy atom. The minimum absolute atomic E-state index is 0.0396. The molecule has 32 heavy (non-hydrogen) atoms. The predicted molar refractivity (Wildman–Crippen MR) is 119 cm³/mol. The van der Waals surface area contributed by atoms with Gasteiger partial charge in [0.2, 0.25) is 11.8 Å². The molecule has 0 radical (unpaired) electrons. The number of hydrazine groups is 1. The average molecular weight is 441 g/mol. The molecule has 8 heteroatoms. The van der Waals surface area contributed by atoms with Crippen LogP contribution in [-0.4, -0.2) is 56.1 Å². The van der Waals surface area contributed by atoms with Crippen molar-refractivity contribution in [3.8, 4) is 0 Å². The number of carbonyl (C=O) groups excluding carboxylic acids is 2. The summed E-state index contributed by atoms with van der Waals surface area (Å²) in [5.74, 6) is -1.14. The maximum atomic E-state index is 13.3. The van der Waals surface area contributed by atoms with Gasteiger partial charge in [-0.05, 0) is 36.2 Å². The summed E-state index contributed by atoms with van der Waals surface area (Å²) < 4.78 is 18.4. The number of anilines is 1. The van der Waals surface area contributed by atoms with Crippen LogP contribution in [-0.2, 0) is 20.9 Å². The van der Waals surface area contributed by atoms with Crippen molar-refractivity contribution in [2.24, 2.45) is 11.8 Å². The zero-order valence-corrected chi connectivity index (χ0v) is 18.2. The van der Waals surface area contributed by atoms with E-state index < -0.39 is 5.92 Å². The fourth-order valence-corrected chi connectivity index (χ4v) is 4.49. The first kappa shape index (κ1) is 22.4. The van der Waals surface area contributed by atoms with Gasteiger partial charge in [0.1, 0.15) is 5.82 Å². The summed E-state index contributed by atoms with van der Waals surface area (Å²) in [6.45, 7) is 2.69. The molecule has 2 fully saturated rings. The molecule has 2 saturated heterocycles. The number of methoxy groups -OCH3 is 1. The zero-order chi connectivity index (χ0) is 22.5. The highest BCUT2D eigenvalue weighted by molar-refractivity contribution is 5.98. The first-order valence-corrected chi connectivity index (χ1v) is 11.0. The van der Waals surface area contributed by atoms with Gasteiger partial charge in [-0.25, -0.2) is 14.8 Å². The summed E-state index contributed by atoms with van der Waals surface area (Å²) in [6.07, 6.45) is 0.727. The Hall–Kier alpha value is -2.81. The Morgan fingerprint density at radius 2 is 1.91 bits per heavy atom. The third-order valence-corrected chi connectivity index (χ3v) is 6.09. The zero-order valence-electron chi connectivity index (χ0n) is 18.2. The van der Waals surface area contributed by atoms with Gasteiger partial charge in [-0.15, -0.1) is 0 Å². The number of nitrogens with one attached hydrogen (secondary N) is 2. The predicted octanol–water partition coefficient (Wildman–Crippen LogP) is 1.95. The lowest BCUT2D eigenvalue weighted by molar-refractivity contribution is -0.130. The lowest BCUT2D eigenvalue weighted by atomic mass is 9.83. The van der Waals surface area contributed by atoms with Crippen LogP contribution < -0.4 is 15.8 Å². The summed E-state index contributed by atoms with van der Waals surface area (Å²) in [7, 11) is 1.63. The lowest BCUT2D eigenvalue weighted by Gasteiger charge is -2.38. The molecule has 3 unspecified atom stereocenters. The average Bonchev–Trinajstić information content (AvgIpc) is 3.14. The van der Waals surface area contributed by atoms with Crippen molar-refractivity contribution in [1.29, 1.82) is 0 Å². The monoisotopic (exact) mass is 440 g/mol. The standard InChI is InChI=1S/C24H29FN4O3/c1-32-13-5-12-26-23(30)20-15-28(14-17-8-10-18(25)11-9-17)16-21-22(20)27-29(24(21)31)19-6-3-2-4-7-19/h2-4,6-11,20-22,27H,5,12-16H2,1H3,(H,26,30). The number of amides is 2. The second-order valence-electron chi connectivity index (χ2n) is 8.33. The topological polar surface area (TPSA) is 73.9 Å². The van der Waals surface area contributed by atoms with Crippen molar-refractivity contribution in [3.63, 3.8) is 0 Å². The Labute approximate surface area is 187 Å². The number of piperidine rings is 1. The van der Waals surface area contributed by atoms with Gasteiger partial charge in [-0.1, -0.05) is 30.3 Å². The molecule has 4 rings (SSSR count). The number of hydrogen-bond donors (Lipinski definition) is 2. The summed E-state index contributed by atoms with van der Waals surface area (Å²) >= 11 is 0. The number of likely N-dealkylation sites (tertiary alicyclic amines) is 1. The highest BCUT2D eigenvalue weighted by Gasteiger charge is 2.50. The fraction of sp³-hybridized carbons (Fsp3) is 0.417. The van der Waals surface area contributed by atoms with Crippen molar-refractivity contribution in [1.82, 2.24) is 15.6 Å². The van der Waals surface area contributed by atoms with Crippen molar-refractivity contribution >= 4 is 17.5 Å². The maximum Gasteiger partial charge on any atom is 0.247 e. The Bertz CT molecular complexity index is 925. The molecule has 2 aliphatic rings. The van der Waals surface area contributed by atoms with Gasteiger partial charge < -0.3 is 10.1 Å². The Balaban J connectivity index is 1.52. The molecular formula is C24H29FN4O3. The molecule has 2 aromatic carbocycles. The third-order valence-electron chi connectivity index (χ3n) is 6.09. The van der Waals surface area contributed by atoms with Gasteiger partial charge in [-0.3, -0.25) is 14.5 Å². The first-order chi connectivity index (χ1) is 15.6. The number of halogens is 1. The Morgan fingerprint density at radius 1 is 1.16 bits per heavy atom. The van der Waals surface area contributed by atoms with Crippen LogP contribution in [0.3, 0.4) is 0 Å². The number of para-hydroxylation sites is 1. The fourth-order valence-electron chi connectivity index (χ4n) is 4.49. The number of carbonyl (C=O) groups is 2. The van der Waals surface area contributed by atoms with Crippen molar-refractivity contribution in [2.45, 2.75) is 19.0 Å². The van der Waals surface area contributed by atoms with Crippen LogP contribution in [0.15, 0.2) is 54.6 Å². The first-order valence-electron chi connectivity index (χ1n) is 11.0. The van der Waals surface area contributed by atoms with E-state index in [0.717, 1.165) is 17.7 Å². The highest BCUT2D eigenvalue weighted by atomic mass is 19.1. The molecule has 0 aromatic heterocycles. The number of fused-ring (bicyclic) bond motifs is 1. The SMILES string of the molecule is COCCCNC(=O)C1CN(Cc2ccc(F)cc2)CC2C(=O)N(c3ccccc3)NC12. The second-order valence-corrected chi connectivity index (χ2v) is 8.33. The van der Waals surface area contributed by atoms with E-state index in [0.29, 0.717) is 32.8 Å². The van der Waals surface area contributed by atoms with E-state index in [-0.39, 0.29) is 29.6 Å². The molecule has 0 saturated carbocycles. The Kier molecular flexibility index (Phi) is 7.14. The minimum Gasteiger partial charge on any atom is -0.385 e. The van der Waals surface area contributed by atoms with Crippen LogP contribution in [0.25, 0.3) is 0 Å². The number of hydrogen-bond acceptors (Lipinski definition) is 5. The summed E-state index contributed by atoms with van der Waals surface area (Å²) in [6, 6.07) is 15.5. The number of nitrogens with zero attached hydrogens (tertiary/aromatic N) is 2. The van der Waals surface area contributed by atoms with Crippen LogP contribution in [0.4, 0.5) is 10.1 Å². The number of rotatable bonds is 8. The van der Waals surface area contributed by atoms with Crippen LogP contribution in [0, 0.1) is 17.7 Å². The molecule has 2 heterocycles. The van der Waals surface area contributed by atoms with Crippen molar-refractivity contribution in [3.05, 3.63) is 66.0 Å². The van der Waals surface area contributed by atoms with Crippen molar-refractivity contribution in [2.75, 3.05) is 38.4 Å². The van der Waals surface area contributed by atoms with Gasteiger partial charge >= 0.3 is 0 Å².